The van der Waals surface area contributed by atoms with Crippen molar-refractivity contribution in [2.75, 3.05) is 7.05 Å². The summed E-state index contributed by atoms with van der Waals surface area (Å²) in [5.41, 5.74) is 2.16. The molecule has 0 aliphatic carbocycles. The minimum atomic E-state index is 0.497. The molecule has 19 heavy (non-hydrogen) atoms. The number of aromatic nitrogens is 2. The van der Waals surface area contributed by atoms with Crippen LogP contribution in [0, 0.1) is 6.92 Å². The van der Waals surface area contributed by atoms with Gasteiger partial charge in [0, 0.05) is 29.3 Å². The standard InChI is InChI=1S/C15H22ClN3/c1-4-13-9(2)14(16)18-15(17-13)10-7-11-5-6-12(8-10)19(11)3/h10-12H,4-8H2,1-3H3. The molecule has 2 saturated heterocycles. The van der Waals surface area contributed by atoms with E-state index in [0.717, 1.165) is 35.6 Å². The van der Waals surface area contributed by atoms with Crippen molar-refractivity contribution in [3.8, 4) is 0 Å². The summed E-state index contributed by atoms with van der Waals surface area (Å²) in [4.78, 5) is 11.9. The Labute approximate surface area is 120 Å². The fourth-order valence-corrected chi connectivity index (χ4v) is 3.90. The van der Waals surface area contributed by atoms with E-state index in [1.807, 2.05) is 6.92 Å². The van der Waals surface area contributed by atoms with Gasteiger partial charge in [0.25, 0.3) is 0 Å². The SMILES string of the molecule is CCc1nc(C2CC3CCC(C2)N3C)nc(Cl)c1C. The second-order valence-corrected chi connectivity index (χ2v) is 6.37. The molecule has 2 unspecified atom stereocenters. The lowest BCUT2D eigenvalue weighted by molar-refractivity contribution is 0.158. The minimum Gasteiger partial charge on any atom is -0.300 e. The molecule has 3 nitrogen and oxygen atoms in total. The van der Waals surface area contributed by atoms with Crippen molar-refractivity contribution < 1.29 is 0 Å². The number of hydrogen-bond acceptors (Lipinski definition) is 3. The fraction of sp³-hybridized carbons (Fsp3) is 0.733. The lowest BCUT2D eigenvalue weighted by Crippen LogP contribution is -2.39. The van der Waals surface area contributed by atoms with Crippen molar-refractivity contribution in [3.05, 3.63) is 22.2 Å². The number of piperidine rings is 1. The van der Waals surface area contributed by atoms with Crippen LogP contribution in [0.25, 0.3) is 0 Å². The highest BCUT2D eigenvalue weighted by molar-refractivity contribution is 6.30. The molecule has 104 valence electrons. The maximum absolute atomic E-state index is 6.27. The average Bonchev–Trinajstić information content (AvgIpc) is 2.64. The smallest absolute Gasteiger partial charge is 0.135 e. The summed E-state index contributed by atoms with van der Waals surface area (Å²) >= 11 is 6.27. The first-order valence-electron chi connectivity index (χ1n) is 7.35. The molecule has 2 atom stereocenters. The molecule has 2 bridgehead atoms. The molecular formula is C15H22ClN3. The molecule has 0 spiro atoms. The Bertz CT molecular complexity index is 475. The van der Waals surface area contributed by atoms with E-state index in [9.17, 15) is 0 Å². The van der Waals surface area contributed by atoms with Gasteiger partial charge in [-0.25, -0.2) is 9.97 Å². The van der Waals surface area contributed by atoms with Crippen LogP contribution < -0.4 is 0 Å². The molecule has 1 aromatic heterocycles. The molecule has 0 N–H and O–H groups in total. The van der Waals surface area contributed by atoms with E-state index in [4.69, 9.17) is 16.6 Å². The zero-order valence-electron chi connectivity index (χ0n) is 12.0. The zero-order chi connectivity index (χ0) is 13.6. The fourth-order valence-electron chi connectivity index (χ4n) is 3.70. The van der Waals surface area contributed by atoms with Gasteiger partial charge in [-0.15, -0.1) is 0 Å². The topological polar surface area (TPSA) is 29.0 Å². The van der Waals surface area contributed by atoms with E-state index >= 15 is 0 Å². The number of rotatable bonds is 2. The van der Waals surface area contributed by atoms with Gasteiger partial charge in [0.2, 0.25) is 0 Å². The number of halogens is 1. The first-order valence-corrected chi connectivity index (χ1v) is 7.72. The molecule has 4 heteroatoms. The van der Waals surface area contributed by atoms with Crippen LogP contribution in [0.15, 0.2) is 0 Å². The molecule has 3 rings (SSSR count). The highest BCUT2D eigenvalue weighted by Crippen LogP contribution is 2.41. The maximum atomic E-state index is 6.27. The predicted octanol–water partition coefficient (Wildman–Crippen LogP) is 3.34. The highest BCUT2D eigenvalue weighted by Gasteiger charge is 2.39. The largest absolute Gasteiger partial charge is 0.300 e. The van der Waals surface area contributed by atoms with Gasteiger partial charge in [-0.3, -0.25) is 0 Å². The Hall–Kier alpha value is -0.670. The second kappa shape index (κ2) is 5.02. The van der Waals surface area contributed by atoms with Gasteiger partial charge in [0.15, 0.2) is 0 Å². The lowest BCUT2D eigenvalue weighted by atomic mass is 9.90. The normalized spacial score (nSPS) is 30.8. The molecule has 3 heterocycles. The summed E-state index contributed by atoms with van der Waals surface area (Å²) in [6.45, 7) is 4.15. The van der Waals surface area contributed by atoms with Gasteiger partial charge in [-0.2, -0.15) is 0 Å². The zero-order valence-corrected chi connectivity index (χ0v) is 12.7. The molecular weight excluding hydrogens is 258 g/mol. The lowest BCUT2D eigenvalue weighted by Gasteiger charge is -2.35. The third-order valence-corrected chi connectivity index (χ3v) is 5.37. The van der Waals surface area contributed by atoms with E-state index in [1.165, 1.54) is 25.7 Å². The van der Waals surface area contributed by atoms with Crippen molar-refractivity contribution in [1.29, 1.82) is 0 Å². The molecule has 0 amide bonds. The van der Waals surface area contributed by atoms with E-state index < -0.39 is 0 Å². The molecule has 0 aromatic carbocycles. The first-order chi connectivity index (χ1) is 9.10. The van der Waals surface area contributed by atoms with E-state index in [2.05, 4.69) is 23.9 Å². The number of fused-ring (bicyclic) bond motifs is 2. The summed E-state index contributed by atoms with van der Waals surface area (Å²) in [5, 5.41) is 0.646. The molecule has 2 aliphatic heterocycles. The number of aryl methyl sites for hydroxylation is 1. The van der Waals surface area contributed by atoms with Gasteiger partial charge in [-0.05, 0) is 46.1 Å². The average molecular weight is 280 g/mol. The third-order valence-electron chi connectivity index (χ3n) is 5.00. The summed E-state index contributed by atoms with van der Waals surface area (Å²) in [6, 6.07) is 1.44. The summed E-state index contributed by atoms with van der Waals surface area (Å²) in [6.07, 6.45) is 5.97. The summed E-state index contributed by atoms with van der Waals surface area (Å²) < 4.78 is 0. The van der Waals surface area contributed by atoms with E-state index in [0.29, 0.717) is 11.1 Å². The van der Waals surface area contributed by atoms with Gasteiger partial charge in [-0.1, -0.05) is 18.5 Å². The highest BCUT2D eigenvalue weighted by atomic mass is 35.5. The Morgan fingerprint density at radius 2 is 1.84 bits per heavy atom. The minimum absolute atomic E-state index is 0.497. The van der Waals surface area contributed by atoms with Gasteiger partial charge < -0.3 is 4.90 Å². The van der Waals surface area contributed by atoms with Crippen molar-refractivity contribution in [3.63, 3.8) is 0 Å². The van der Waals surface area contributed by atoms with Gasteiger partial charge in [0.05, 0.1) is 0 Å². The van der Waals surface area contributed by atoms with Gasteiger partial charge in [0.1, 0.15) is 11.0 Å². The van der Waals surface area contributed by atoms with Crippen LogP contribution in [0.4, 0.5) is 0 Å². The van der Waals surface area contributed by atoms with Gasteiger partial charge >= 0.3 is 0 Å². The van der Waals surface area contributed by atoms with Crippen molar-refractivity contribution >= 4 is 11.6 Å². The van der Waals surface area contributed by atoms with Crippen LogP contribution in [-0.2, 0) is 6.42 Å². The van der Waals surface area contributed by atoms with E-state index in [-0.39, 0.29) is 0 Å². The Kier molecular flexibility index (Phi) is 3.52. The van der Waals surface area contributed by atoms with Crippen LogP contribution in [-0.4, -0.2) is 34.0 Å². The maximum Gasteiger partial charge on any atom is 0.135 e. The third kappa shape index (κ3) is 2.27. The molecule has 2 aliphatic rings. The number of nitrogens with zero attached hydrogens (tertiary/aromatic N) is 3. The van der Waals surface area contributed by atoms with Crippen LogP contribution in [0.1, 0.15) is 55.6 Å². The van der Waals surface area contributed by atoms with E-state index in [1.54, 1.807) is 0 Å². The van der Waals surface area contributed by atoms with Crippen molar-refractivity contribution in [1.82, 2.24) is 14.9 Å². The first kappa shape index (κ1) is 13.3. The molecule has 0 radical (unpaired) electrons. The van der Waals surface area contributed by atoms with Crippen molar-refractivity contribution in [2.24, 2.45) is 0 Å². The van der Waals surface area contributed by atoms with Crippen LogP contribution in [0.3, 0.4) is 0 Å². The Balaban J connectivity index is 1.89. The van der Waals surface area contributed by atoms with Crippen LogP contribution in [0.5, 0.6) is 0 Å². The summed E-state index contributed by atoms with van der Waals surface area (Å²) in [5.74, 6) is 1.48. The molecule has 1 aromatic rings. The predicted molar refractivity (Wildman–Crippen MR) is 77.7 cm³/mol. The monoisotopic (exact) mass is 279 g/mol. The Morgan fingerprint density at radius 3 is 2.42 bits per heavy atom. The quantitative estimate of drug-likeness (QED) is 0.778. The molecule has 2 fully saturated rings. The van der Waals surface area contributed by atoms with Crippen LogP contribution >= 0.6 is 11.6 Å². The second-order valence-electron chi connectivity index (χ2n) is 6.02. The Morgan fingerprint density at radius 1 is 1.21 bits per heavy atom. The van der Waals surface area contributed by atoms with Crippen LogP contribution in [0.2, 0.25) is 5.15 Å². The van der Waals surface area contributed by atoms with Crippen molar-refractivity contribution in [2.45, 2.75) is 64.0 Å². The summed E-state index contributed by atoms with van der Waals surface area (Å²) in [7, 11) is 2.26. The number of hydrogen-bond donors (Lipinski definition) is 0. The molecule has 0 saturated carbocycles.